The smallest absolute Gasteiger partial charge is 0.255 e. The van der Waals surface area contributed by atoms with Crippen LogP contribution in [0.3, 0.4) is 0 Å². The first-order valence-corrected chi connectivity index (χ1v) is 11.0. The Labute approximate surface area is 200 Å². The van der Waals surface area contributed by atoms with E-state index in [2.05, 4.69) is 5.32 Å². The van der Waals surface area contributed by atoms with Gasteiger partial charge in [-0.15, -0.1) is 0 Å². The SMILES string of the molecule is CC(=O)NCc1ccc(O)c2c1CC1CC3C(N(C)C)C(=O)C(C(N)=O)=C(O)C3(O)C(=O)C1=C2O. The van der Waals surface area contributed by atoms with Crippen molar-refractivity contribution in [3.05, 3.63) is 45.7 Å². The van der Waals surface area contributed by atoms with Crippen LogP contribution in [0.25, 0.3) is 5.76 Å². The van der Waals surface area contributed by atoms with Crippen molar-refractivity contribution >= 4 is 29.1 Å². The largest absolute Gasteiger partial charge is 0.508 e. The summed E-state index contributed by atoms with van der Waals surface area (Å²) in [5.41, 5.74) is 2.68. The normalized spacial score (nSPS) is 28.0. The standard InChI is InChI=1S/C24H27N3O8/c1-9(28)26-8-10-4-5-14(29)16-12(10)6-11-7-13-18(27(2)3)20(31)17(23(25)34)22(33)24(13,35)21(32)15(11)19(16)30/h4-5,11,13,18,29-30,33,35H,6-8H2,1-3H3,(H2,25,34)(H,26,28). The molecule has 7 N–H and O–H groups in total. The van der Waals surface area contributed by atoms with Crippen molar-refractivity contribution in [1.29, 1.82) is 0 Å². The molecular formula is C24H27N3O8. The monoisotopic (exact) mass is 485 g/mol. The molecule has 3 aliphatic carbocycles. The maximum Gasteiger partial charge on any atom is 0.255 e. The zero-order chi connectivity index (χ0) is 26.0. The van der Waals surface area contributed by atoms with Crippen molar-refractivity contribution in [2.45, 2.75) is 38.0 Å². The molecule has 4 atom stereocenters. The molecule has 0 aliphatic heterocycles. The van der Waals surface area contributed by atoms with Crippen molar-refractivity contribution in [1.82, 2.24) is 10.2 Å². The van der Waals surface area contributed by atoms with Crippen LogP contribution in [0.5, 0.6) is 5.75 Å². The zero-order valence-corrected chi connectivity index (χ0v) is 19.5. The number of hydrogen-bond acceptors (Lipinski definition) is 9. The van der Waals surface area contributed by atoms with E-state index in [1.165, 1.54) is 32.0 Å². The Hall–Kier alpha value is -3.70. The molecular weight excluding hydrogens is 458 g/mol. The van der Waals surface area contributed by atoms with Gasteiger partial charge in [-0.3, -0.25) is 24.1 Å². The predicted octanol–water partition coefficient (Wildman–Crippen LogP) is -0.400. The lowest BCUT2D eigenvalue weighted by atomic mass is 9.57. The number of primary amides is 1. The number of aliphatic hydroxyl groups is 3. The number of nitrogens with one attached hydrogen (secondary N) is 1. The number of ketones is 2. The Morgan fingerprint density at radius 2 is 1.86 bits per heavy atom. The molecule has 2 amide bonds. The molecule has 1 aromatic rings. The number of hydrogen-bond donors (Lipinski definition) is 6. The molecule has 186 valence electrons. The number of Topliss-reactive ketones (excluding diaryl/α,β-unsaturated/α-hetero) is 2. The Balaban J connectivity index is 1.93. The summed E-state index contributed by atoms with van der Waals surface area (Å²) in [6.45, 7) is 1.48. The summed E-state index contributed by atoms with van der Waals surface area (Å²) in [5.74, 6) is -7.24. The van der Waals surface area contributed by atoms with E-state index in [1.807, 2.05) is 0 Å². The second-order valence-corrected chi connectivity index (χ2v) is 9.47. The van der Waals surface area contributed by atoms with E-state index in [4.69, 9.17) is 5.73 Å². The highest BCUT2D eigenvalue weighted by Crippen LogP contribution is 2.52. The lowest BCUT2D eigenvalue weighted by Gasteiger charge is -2.50. The number of fused-ring (bicyclic) bond motifs is 3. The first-order valence-electron chi connectivity index (χ1n) is 11.0. The molecule has 4 unspecified atom stereocenters. The molecule has 3 aliphatic rings. The van der Waals surface area contributed by atoms with Crippen molar-refractivity contribution in [2.24, 2.45) is 17.6 Å². The Morgan fingerprint density at radius 3 is 2.43 bits per heavy atom. The van der Waals surface area contributed by atoms with E-state index in [9.17, 15) is 39.6 Å². The Morgan fingerprint density at radius 1 is 1.20 bits per heavy atom. The number of benzene rings is 1. The number of likely N-dealkylation sites (N-methyl/N-ethyl adjacent to an activating group) is 1. The lowest BCUT2D eigenvalue weighted by Crippen LogP contribution is -2.65. The summed E-state index contributed by atoms with van der Waals surface area (Å²) in [6.07, 6.45) is 0.166. The van der Waals surface area contributed by atoms with Crippen LogP contribution in [0.2, 0.25) is 0 Å². The van der Waals surface area contributed by atoms with Gasteiger partial charge in [-0.1, -0.05) is 6.07 Å². The molecule has 0 spiro atoms. The summed E-state index contributed by atoms with van der Waals surface area (Å²) in [4.78, 5) is 51.7. The fourth-order valence-corrected chi connectivity index (χ4v) is 5.69. The summed E-state index contributed by atoms with van der Waals surface area (Å²) in [5, 5.41) is 46.7. The number of carbonyl (C=O) groups excluding carboxylic acids is 4. The van der Waals surface area contributed by atoms with Crippen molar-refractivity contribution in [3.8, 4) is 5.75 Å². The molecule has 1 aromatic carbocycles. The van der Waals surface area contributed by atoms with Gasteiger partial charge in [-0.25, -0.2) is 0 Å². The fraction of sp³-hybridized carbons (Fsp3) is 0.417. The molecule has 1 saturated carbocycles. The Bertz CT molecular complexity index is 1250. The van der Waals surface area contributed by atoms with E-state index in [0.29, 0.717) is 11.1 Å². The first kappa shape index (κ1) is 24.4. The third-order valence-electron chi connectivity index (χ3n) is 7.23. The maximum atomic E-state index is 13.7. The highest BCUT2D eigenvalue weighted by atomic mass is 16.3. The van der Waals surface area contributed by atoms with E-state index >= 15 is 0 Å². The molecule has 0 saturated heterocycles. The zero-order valence-electron chi connectivity index (χ0n) is 19.5. The third kappa shape index (κ3) is 3.41. The number of phenolic OH excluding ortho intramolecular Hbond substituents is 1. The summed E-state index contributed by atoms with van der Waals surface area (Å²) < 4.78 is 0. The van der Waals surface area contributed by atoms with Crippen molar-refractivity contribution in [3.63, 3.8) is 0 Å². The molecule has 35 heavy (non-hydrogen) atoms. The number of amides is 2. The first-order chi connectivity index (χ1) is 16.3. The minimum Gasteiger partial charge on any atom is -0.508 e. The predicted molar refractivity (Wildman–Crippen MR) is 122 cm³/mol. The minimum absolute atomic E-state index is 0.000987. The minimum atomic E-state index is -2.67. The number of rotatable bonds is 4. The quantitative estimate of drug-likeness (QED) is 0.308. The number of aliphatic hydroxyl groups excluding tert-OH is 2. The highest BCUT2D eigenvalue weighted by Gasteiger charge is 2.64. The summed E-state index contributed by atoms with van der Waals surface area (Å²) in [6, 6.07) is 1.78. The van der Waals surface area contributed by atoms with Crippen LogP contribution in [-0.2, 0) is 32.1 Å². The molecule has 11 heteroatoms. The van der Waals surface area contributed by atoms with Gasteiger partial charge in [0.15, 0.2) is 11.4 Å². The third-order valence-corrected chi connectivity index (χ3v) is 7.23. The van der Waals surface area contributed by atoms with Gasteiger partial charge in [0.25, 0.3) is 5.91 Å². The summed E-state index contributed by atoms with van der Waals surface area (Å²) >= 11 is 0. The molecule has 0 radical (unpaired) electrons. The van der Waals surface area contributed by atoms with Gasteiger partial charge in [0.05, 0.1) is 11.6 Å². The summed E-state index contributed by atoms with van der Waals surface area (Å²) in [7, 11) is 3.08. The second-order valence-electron chi connectivity index (χ2n) is 9.47. The number of nitrogens with two attached hydrogens (primary N) is 1. The molecule has 4 rings (SSSR count). The topological polar surface area (TPSA) is 190 Å². The van der Waals surface area contributed by atoms with Gasteiger partial charge in [0.1, 0.15) is 22.8 Å². The second kappa shape index (κ2) is 8.21. The van der Waals surface area contributed by atoms with Crippen LogP contribution >= 0.6 is 0 Å². The average Bonchev–Trinajstić information content (AvgIpc) is 2.75. The highest BCUT2D eigenvalue weighted by molar-refractivity contribution is 6.24. The molecule has 1 fully saturated rings. The van der Waals surface area contributed by atoms with Gasteiger partial charge in [-0.05, 0) is 50.0 Å². The van der Waals surface area contributed by atoms with Crippen LogP contribution < -0.4 is 11.1 Å². The van der Waals surface area contributed by atoms with Crippen LogP contribution in [0.15, 0.2) is 29.0 Å². The molecule has 0 bridgehead atoms. The van der Waals surface area contributed by atoms with Crippen LogP contribution in [-0.4, -0.2) is 74.4 Å². The van der Waals surface area contributed by atoms with E-state index in [-0.39, 0.29) is 42.2 Å². The number of carbonyl (C=O) groups is 4. The van der Waals surface area contributed by atoms with Crippen LogP contribution in [0.4, 0.5) is 0 Å². The van der Waals surface area contributed by atoms with E-state index in [0.717, 1.165) is 0 Å². The molecule has 11 nitrogen and oxygen atoms in total. The van der Waals surface area contributed by atoms with Gasteiger partial charge in [0.2, 0.25) is 11.7 Å². The number of nitrogens with zero attached hydrogens (tertiary/aromatic N) is 1. The number of phenols is 1. The molecule has 0 aromatic heterocycles. The van der Waals surface area contributed by atoms with Gasteiger partial charge in [-0.2, -0.15) is 0 Å². The van der Waals surface area contributed by atoms with Gasteiger partial charge in [0, 0.05) is 25.0 Å². The van der Waals surface area contributed by atoms with Crippen molar-refractivity contribution < 1.29 is 39.6 Å². The van der Waals surface area contributed by atoms with Crippen LogP contribution in [0, 0.1) is 11.8 Å². The van der Waals surface area contributed by atoms with E-state index < -0.39 is 58.0 Å². The maximum absolute atomic E-state index is 13.7. The average molecular weight is 485 g/mol. The van der Waals surface area contributed by atoms with E-state index in [1.54, 1.807) is 6.07 Å². The Kier molecular flexibility index (Phi) is 5.73. The molecule has 0 heterocycles. The lowest BCUT2D eigenvalue weighted by molar-refractivity contribution is -0.153. The van der Waals surface area contributed by atoms with Gasteiger partial charge < -0.3 is 31.5 Å². The van der Waals surface area contributed by atoms with Gasteiger partial charge >= 0.3 is 0 Å². The van der Waals surface area contributed by atoms with Crippen LogP contribution in [0.1, 0.15) is 30.0 Å². The number of aromatic hydroxyl groups is 1. The fourth-order valence-electron chi connectivity index (χ4n) is 5.69. The van der Waals surface area contributed by atoms with Crippen molar-refractivity contribution in [2.75, 3.05) is 14.1 Å².